The summed E-state index contributed by atoms with van der Waals surface area (Å²) in [5.41, 5.74) is 4.31. The number of H-pyrrole nitrogens is 1. The van der Waals surface area contributed by atoms with E-state index in [1.54, 1.807) is 0 Å². The third-order valence-corrected chi connectivity index (χ3v) is 5.48. The fourth-order valence-corrected chi connectivity index (χ4v) is 3.95. The van der Waals surface area contributed by atoms with Gasteiger partial charge in [0.1, 0.15) is 0 Å². The maximum absolute atomic E-state index is 5.74. The van der Waals surface area contributed by atoms with Crippen LogP contribution in [0.25, 0.3) is 10.9 Å². The van der Waals surface area contributed by atoms with Crippen LogP contribution >= 0.6 is 0 Å². The van der Waals surface area contributed by atoms with Gasteiger partial charge in [-0.15, -0.1) is 0 Å². The molecule has 1 fully saturated rings. The van der Waals surface area contributed by atoms with E-state index in [4.69, 9.17) is 4.74 Å². The zero-order chi connectivity index (χ0) is 14.3. The quantitative estimate of drug-likeness (QED) is 0.898. The standard InChI is InChI=1S/C18H24N2O/c1-21-18(10-5-11-18)12-19-16-9-4-7-14-13-6-2-3-8-15(13)20-17(14)16/h2-3,6,8,16,19-20H,4-5,7,9-12H2,1H3. The number of hydrogen-bond acceptors (Lipinski definition) is 2. The highest BCUT2D eigenvalue weighted by Crippen LogP contribution is 2.37. The lowest BCUT2D eigenvalue weighted by Gasteiger charge is -2.42. The van der Waals surface area contributed by atoms with Gasteiger partial charge >= 0.3 is 0 Å². The first-order valence-corrected chi connectivity index (χ1v) is 8.19. The van der Waals surface area contributed by atoms with E-state index in [2.05, 4.69) is 34.6 Å². The summed E-state index contributed by atoms with van der Waals surface area (Å²) in [6.07, 6.45) is 7.39. The van der Waals surface area contributed by atoms with Crippen molar-refractivity contribution in [2.75, 3.05) is 13.7 Å². The van der Waals surface area contributed by atoms with Gasteiger partial charge in [0.25, 0.3) is 0 Å². The van der Waals surface area contributed by atoms with Gasteiger partial charge in [0.2, 0.25) is 0 Å². The minimum absolute atomic E-state index is 0.101. The van der Waals surface area contributed by atoms with Crippen molar-refractivity contribution in [1.29, 1.82) is 0 Å². The first kappa shape index (κ1) is 13.4. The van der Waals surface area contributed by atoms with Crippen LogP contribution in [0.15, 0.2) is 24.3 Å². The van der Waals surface area contributed by atoms with Crippen LogP contribution in [0.1, 0.15) is 49.4 Å². The Kier molecular flexibility index (Phi) is 3.27. The Morgan fingerprint density at radius 3 is 2.90 bits per heavy atom. The van der Waals surface area contributed by atoms with Crippen LogP contribution < -0.4 is 5.32 Å². The Labute approximate surface area is 126 Å². The zero-order valence-electron chi connectivity index (χ0n) is 12.7. The van der Waals surface area contributed by atoms with Gasteiger partial charge in [-0.3, -0.25) is 0 Å². The van der Waals surface area contributed by atoms with E-state index < -0.39 is 0 Å². The van der Waals surface area contributed by atoms with Gasteiger partial charge in [0.05, 0.1) is 5.60 Å². The number of ether oxygens (including phenoxy) is 1. The number of rotatable bonds is 4. The number of hydrogen-bond donors (Lipinski definition) is 2. The van der Waals surface area contributed by atoms with Crippen molar-refractivity contribution >= 4 is 10.9 Å². The van der Waals surface area contributed by atoms with Crippen molar-refractivity contribution in [1.82, 2.24) is 10.3 Å². The molecule has 2 aromatic rings. The smallest absolute Gasteiger partial charge is 0.0802 e. The molecule has 1 atom stereocenters. The lowest BCUT2D eigenvalue weighted by atomic mass is 9.79. The van der Waals surface area contributed by atoms with Crippen LogP contribution in [0.3, 0.4) is 0 Å². The predicted octanol–water partition coefficient (Wildman–Crippen LogP) is 3.70. The molecule has 4 rings (SSSR count). The molecule has 21 heavy (non-hydrogen) atoms. The zero-order valence-corrected chi connectivity index (χ0v) is 12.7. The van der Waals surface area contributed by atoms with E-state index in [-0.39, 0.29) is 5.60 Å². The number of aromatic nitrogens is 1. The van der Waals surface area contributed by atoms with Crippen LogP contribution in [-0.2, 0) is 11.2 Å². The molecule has 1 heterocycles. The maximum Gasteiger partial charge on any atom is 0.0802 e. The van der Waals surface area contributed by atoms with E-state index >= 15 is 0 Å². The van der Waals surface area contributed by atoms with Crippen molar-refractivity contribution in [3.63, 3.8) is 0 Å². The SMILES string of the molecule is COC1(CNC2CCCc3c2[nH]c2ccccc32)CCC1. The average Bonchev–Trinajstić information content (AvgIpc) is 2.86. The molecular formula is C18H24N2O. The minimum Gasteiger partial charge on any atom is -0.377 e. The molecule has 0 radical (unpaired) electrons. The van der Waals surface area contributed by atoms with Gasteiger partial charge in [0, 0.05) is 36.3 Å². The topological polar surface area (TPSA) is 37.0 Å². The first-order chi connectivity index (χ1) is 10.3. The highest BCUT2D eigenvalue weighted by atomic mass is 16.5. The van der Waals surface area contributed by atoms with Crippen LogP contribution in [-0.4, -0.2) is 24.2 Å². The number of nitrogens with one attached hydrogen (secondary N) is 2. The molecule has 1 aromatic heterocycles. The molecule has 3 nitrogen and oxygen atoms in total. The molecule has 3 heteroatoms. The fourth-order valence-electron chi connectivity index (χ4n) is 3.95. The second-order valence-corrected chi connectivity index (χ2v) is 6.63. The normalized spacial score (nSPS) is 23.8. The Morgan fingerprint density at radius 1 is 1.29 bits per heavy atom. The summed E-state index contributed by atoms with van der Waals surface area (Å²) in [4.78, 5) is 3.65. The van der Waals surface area contributed by atoms with E-state index in [1.165, 1.54) is 60.7 Å². The van der Waals surface area contributed by atoms with Crippen molar-refractivity contribution in [2.45, 2.75) is 50.2 Å². The number of para-hydroxylation sites is 1. The number of benzene rings is 1. The maximum atomic E-state index is 5.74. The molecular weight excluding hydrogens is 260 g/mol. The van der Waals surface area contributed by atoms with Crippen LogP contribution in [0.5, 0.6) is 0 Å². The largest absolute Gasteiger partial charge is 0.377 e. The third kappa shape index (κ3) is 2.19. The number of fused-ring (bicyclic) bond motifs is 3. The second-order valence-electron chi connectivity index (χ2n) is 6.63. The van der Waals surface area contributed by atoms with Crippen LogP contribution in [0.2, 0.25) is 0 Å². The highest BCUT2D eigenvalue weighted by Gasteiger charge is 2.37. The van der Waals surface area contributed by atoms with Gasteiger partial charge in [0.15, 0.2) is 0 Å². The molecule has 0 saturated heterocycles. The van der Waals surface area contributed by atoms with Crippen molar-refractivity contribution < 1.29 is 4.74 Å². The average molecular weight is 284 g/mol. The number of aryl methyl sites for hydroxylation is 1. The Morgan fingerprint density at radius 2 is 2.14 bits per heavy atom. The molecule has 2 aliphatic carbocycles. The van der Waals surface area contributed by atoms with Crippen molar-refractivity contribution in [2.24, 2.45) is 0 Å². The Hall–Kier alpha value is -1.32. The predicted molar refractivity (Wildman–Crippen MR) is 85.6 cm³/mol. The number of methoxy groups -OCH3 is 1. The van der Waals surface area contributed by atoms with E-state index in [0.29, 0.717) is 6.04 Å². The molecule has 0 aliphatic heterocycles. The molecule has 0 bridgehead atoms. The fraction of sp³-hybridized carbons (Fsp3) is 0.556. The molecule has 2 N–H and O–H groups in total. The van der Waals surface area contributed by atoms with E-state index in [9.17, 15) is 0 Å². The Bertz CT molecular complexity index is 636. The summed E-state index contributed by atoms with van der Waals surface area (Å²) in [5.74, 6) is 0. The summed E-state index contributed by atoms with van der Waals surface area (Å²) in [5, 5.41) is 5.18. The molecule has 1 saturated carbocycles. The molecule has 1 unspecified atom stereocenters. The molecule has 0 spiro atoms. The molecule has 2 aliphatic rings. The highest BCUT2D eigenvalue weighted by molar-refractivity contribution is 5.85. The van der Waals surface area contributed by atoms with Gasteiger partial charge in [-0.25, -0.2) is 0 Å². The van der Waals surface area contributed by atoms with Gasteiger partial charge in [-0.05, 0) is 50.2 Å². The van der Waals surface area contributed by atoms with Crippen molar-refractivity contribution in [3.05, 3.63) is 35.5 Å². The van der Waals surface area contributed by atoms with E-state index in [1.807, 2.05) is 7.11 Å². The minimum atomic E-state index is 0.101. The first-order valence-electron chi connectivity index (χ1n) is 8.19. The lowest BCUT2D eigenvalue weighted by molar-refractivity contribution is -0.0712. The summed E-state index contributed by atoms with van der Waals surface area (Å²) in [6, 6.07) is 9.14. The molecule has 1 aromatic carbocycles. The molecule has 0 amide bonds. The third-order valence-electron chi connectivity index (χ3n) is 5.48. The van der Waals surface area contributed by atoms with Gasteiger partial charge in [-0.1, -0.05) is 18.2 Å². The second kappa shape index (κ2) is 5.15. The monoisotopic (exact) mass is 284 g/mol. The summed E-state index contributed by atoms with van der Waals surface area (Å²) in [7, 11) is 1.86. The van der Waals surface area contributed by atoms with E-state index in [0.717, 1.165) is 6.54 Å². The molecule has 112 valence electrons. The van der Waals surface area contributed by atoms with Gasteiger partial charge < -0.3 is 15.0 Å². The summed E-state index contributed by atoms with van der Waals surface area (Å²) < 4.78 is 5.74. The lowest BCUT2D eigenvalue weighted by Crippen LogP contribution is -2.49. The summed E-state index contributed by atoms with van der Waals surface area (Å²) >= 11 is 0. The van der Waals surface area contributed by atoms with Crippen molar-refractivity contribution in [3.8, 4) is 0 Å². The summed E-state index contributed by atoms with van der Waals surface area (Å²) in [6.45, 7) is 0.975. The Balaban J connectivity index is 1.58. The number of aromatic amines is 1. The van der Waals surface area contributed by atoms with Gasteiger partial charge in [-0.2, -0.15) is 0 Å². The van der Waals surface area contributed by atoms with Crippen LogP contribution in [0.4, 0.5) is 0 Å². The van der Waals surface area contributed by atoms with Crippen LogP contribution in [0, 0.1) is 0 Å².